The number of esters is 2. The van der Waals surface area contributed by atoms with Crippen molar-refractivity contribution in [1.29, 1.82) is 0 Å². The third-order valence-corrected chi connectivity index (χ3v) is 9.98. The molecule has 0 aliphatic carbocycles. The number of hydrogen-bond donors (Lipinski definition) is 3. The quantitative estimate of drug-likeness (QED) is 0.0577. The minimum atomic E-state index is -1.32. The maximum absolute atomic E-state index is 13.2. The van der Waals surface area contributed by atoms with Gasteiger partial charge in [0.1, 0.15) is 12.6 Å². The van der Waals surface area contributed by atoms with Gasteiger partial charge >= 0.3 is 24.0 Å². The topological polar surface area (TPSA) is 184 Å². The Morgan fingerprint density at radius 2 is 0.953 bits per heavy atom. The van der Waals surface area contributed by atoms with Crippen LogP contribution < -0.4 is 10.6 Å². The standard InChI is InChI=1S/C28H30N2O6.C23H26O5/c1-20(35-18-22-13-7-3-8-14-22)25(27(32)33)30-26(31)24(17-21-11-5-2-6-12-21)29-28(34)36-19-23-15-9-4-10-16-23;1-13-7-15(3)20(16(4)8-13)22(25)27-11-19(24)12-28-23(26)21-17(5)9-14(2)10-18(21)6/h2-16,20,24-25H,17-19H2,1H3,(H,29,34)(H,30,31)(H,32,33);7-10H,11-12H2,1-6H3/t20?,24-,25-;/m0./s1. The van der Waals surface area contributed by atoms with Gasteiger partial charge in [0.25, 0.3) is 0 Å². The van der Waals surface area contributed by atoms with Crippen molar-refractivity contribution in [2.45, 2.75) is 86.3 Å². The molecule has 3 N–H and O–H groups in total. The van der Waals surface area contributed by atoms with Crippen molar-refractivity contribution >= 4 is 35.7 Å². The Labute approximate surface area is 374 Å². The Morgan fingerprint density at radius 3 is 1.38 bits per heavy atom. The predicted octanol–water partition coefficient (Wildman–Crippen LogP) is 7.82. The molecule has 0 bridgehead atoms. The van der Waals surface area contributed by atoms with Crippen LogP contribution in [0.2, 0.25) is 0 Å². The number of amides is 2. The molecule has 5 aromatic rings. The first-order valence-electron chi connectivity index (χ1n) is 20.7. The van der Waals surface area contributed by atoms with Gasteiger partial charge in [0.05, 0.1) is 23.8 Å². The highest BCUT2D eigenvalue weighted by atomic mass is 16.6. The fourth-order valence-corrected chi connectivity index (χ4v) is 6.98. The van der Waals surface area contributed by atoms with E-state index < -0.39 is 67.1 Å². The monoisotopic (exact) mass is 872 g/mol. The number of carboxylic acids is 1. The number of ether oxygens (including phenoxy) is 4. The van der Waals surface area contributed by atoms with E-state index in [1.54, 1.807) is 6.92 Å². The average Bonchev–Trinajstić information content (AvgIpc) is 3.25. The number of carboxylic acid groups (broad SMARTS) is 1. The van der Waals surface area contributed by atoms with E-state index >= 15 is 0 Å². The summed E-state index contributed by atoms with van der Waals surface area (Å²) in [5.74, 6) is -3.49. The van der Waals surface area contributed by atoms with Crippen LogP contribution in [-0.4, -0.2) is 72.2 Å². The zero-order chi connectivity index (χ0) is 46.8. The number of nitrogens with one attached hydrogen (secondary N) is 2. The molecule has 0 spiro atoms. The van der Waals surface area contributed by atoms with E-state index in [0.717, 1.165) is 50.1 Å². The Hall–Kier alpha value is -7.12. The number of rotatable bonds is 18. The van der Waals surface area contributed by atoms with E-state index in [1.807, 2.05) is 157 Å². The summed E-state index contributed by atoms with van der Waals surface area (Å²) in [6.07, 6.45) is -1.46. The summed E-state index contributed by atoms with van der Waals surface area (Å²) >= 11 is 0. The van der Waals surface area contributed by atoms with Crippen molar-refractivity contribution in [3.63, 3.8) is 0 Å². The van der Waals surface area contributed by atoms with Crippen LogP contribution in [0, 0.1) is 41.5 Å². The molecule has 1 unspecified atom stereocenters. The van der Waals surface area contributed by atoms with Gasteiger partial charge in [-0.25, -0.2) is 19.2 Å². The van der Waals surface area contributed by atoms with Crippen LogP contribution in [0.4, 0.5) is 4.79 Å². The molecule has 5 aromatic carbocycles. The molecule has 336 valence electrons. The lowest BCUT2D eigenvalue weighted by atomic mass is 10.00. The maximum atomic E-state index is 13.2. The largest absolute Gasteiger partial charge is 0.480 e. The van der Waals surface area contributed by atoms with Gasteiger partial charge in [-0.15, -0.1) is 0 Å². The van der Waals surface area contributed by atoms with Crippen LogP contribution in [0.25, 0.3) is 0 Å². The third-order valence-electron chi connectivity index (χ3n) is 9.98. The van der Waals surface area contributed by atoms with Crippen molar-refractivity contribution in [1.82, 2.24) is 10.6 Å². The molecule has 0 saturated carbocycles. The molecule has 0 heterocycles. The summed E-state index contributed by atoms with van der Waals surface area (Å²) in [6.45, 7) is 12.1. The molecule has 0 radical (unpaired) electrons. The van der Waals surface area contributed by atoms with Gasteiger partial charge in [-0.2, -0.15) is 0 Å². The molecule has 2 amide bonds. The molecule has 3 atom stereocenters. The molecule has 13 heteroatoms. The number of benzene rings is 5. The highest BCUT2D eigenvalue weighted by Gasteiger charge is 2.31. The molecule has 0 fully saturated rings. The lowest BCUT2D eigenvalue weighted by Gasteiger charge is -2.25. The van der Waals surface area contributed by atoms with Crippen molar-refractivity contribution in [3.8, 4) is 0 Å². The second-order valence-electron chi connectivity index (χ2n) is 15.5. The molecule has 0 aromatic heterocycles. The second kappa shape index (κ2) is 24.5. The Balaban J connectivity index is 0.000000290. The normalized spacial score (nSPS) is 12.0. The second-order valence-corrected chi connectivity index (χ2v) is 15.5. The van der Waals surface area contributed by atoms with Crippen LogP contribution in [0.1, 0.15) is 77.7 Å². The van der Waals surface area contributed by atoms with Crippen molar-refractivity contribution in [2.75, 3.05) is 13.2 Å². The highest BCUT2D eigenvalue weighted by molar-refractivity contribution is 5.96. The molecule has 0 aliphatic heterocycles. The van der Waals surface area contributed by atoms with Gasteiger partial charge in [0, 0.05) is 6.42 Å². The summed E-state index contributed by atoms with van der Waals surface area (Å²) in [7, 11) is 0. The van der Waals surface area contributed by atoms with Gasteiger partial charge in [0.15, 0.2) is 19.3 Å². The van der Waals surface area contributed by atoms with Crippen LogP contribution in [0.15, 0.2) is 115 Å². The van der Waals surface area contributed by atoms with Gasteiger partial charge in [0.2, 0.25) is 11.7 Å². The number of aryl methyl sites for hydroxylation is 6. The number of carbonyl (C=O) groups is 6. The smallest absolute Gasteiger partial charge is 0.408 e. The Kier molecular flexibility index (Phi) is 19.0. The molecular formula is C51H56N2O11. The van der Waals surface area contributed by atoms with E-state index in [9.17, 15) is 33.9 Å². The molecule has 13 nitrogen and oxygen atoms in total. The van der Waals surface area contributed by atoms with Gasteiger partial charge in [-0.05, 0) is 87.4 Å². The minimum absolute atomic E-state index is 0.0362. The summed E-state index contributed by atoms with van der Waals surface area (Å²) < 4.78 is 21.2. The summed E-state index contributed by atoms with van der Waals surface area (Å²) in [5.41, 5.74) is 8.68. The van der Waals surface area contributed by atoms with Crippen LogP contribution in [0.3, 0.4) is 0 Å². The highest BCUT2D eigenvalue weighted by Crippen LogP contribution is 2.19. The Bertz CT molecular complexity index is 2260. The van der Waals surface area contributed by atoms with Crippen LogP contribution >= 0.6 is 0 Å². The number of Topliss-reactive ketones (excluding diaryl/α,β-unsaturated/α-hetero) is 1. The van der Waals surface area contributed by atoms with Gasteiger partial charge in [-0.1, -0.05) is 126 Å². The molecule has 5 rings (SSSR count). The number of aliphatic carboxylic acids is 1. The SMILES string of the molecule is CC(OCc1ccccc1)[C@H](NC(=O)[C@H](Cc1ccccc1)NC(=O)OCc1ccccc1)C(=O)O.Cc1cc(C)c(C(=O)OCC(=O)COC(=O)c2c(C)cc(C)cc2C)c(C)c1. The number of hydrogen-bond acceptors (Lipinski definition) is 10. The summed E-state index contributed by atoms with van der Waals surface area (Å²) in [6, 6.07) is 32.7. The number of ketones is 1. The maximum Gasteiger partial charge on any atom is 0.408 e. The van der Waals surface area contributed by atoms with E-state index in [0.29, 0.717) is 11.1 Å². The van der Waals surface area contributed by atoms with E-state index in [-0.39, 0.29) is 19.6 Å². The van der Waals surface area contributed by atoms with E-state index in [2.05, 4.69) is 10.6 Å². The lowest BCUT2D eigenvalue weighted by Crippen LogP contribution is -2.55. The fourth-order valence-electron chi connectivity index (χ4n) is 6.98. The molecule has 0 aliphatic rings. The van der Waals surface area contributed by atoms with E-state index in [4.69, 9.17) is 18.9 Å². The first-order chi connectivity index (χ1) is 30.5. The zero-order valence-corrected chi connectivity index (χ0v) is 37.3. The zero-order valence-electron chi connectivity index (χ0n) is 37.3. The van der Waals surface area contributed by atoms with E-state index in [1.165, 1.54) is 0 Å². The van der Waals surface area contributed by atoms with Gasteiger partial charge < -0.3 is 34.7 Å². The van der Waals surface area contributed by atoms with Crippen molar-refractivity contribution in [3.05, 3.63) is 176 Å². The first-order valence-corrected chi connectivity index (χ1v) is 20.7. The summed E-state index contributed by atoms with van der Waals surface area (Å²) in [5, 5.41) is 14.8. The first kappa shape index (κ1) is 49.5. The molecule has 0 saturated heterocycles. The molecular weight excluding hydrogens is 817 g/mol. The lowest BCUT2D eigenvalue weighted by molar-refractivity contribution is -0.146. The minimum Gasteiger partial charge on any atom is -0.480 e. The summed E-state index contributed by atoms with van der Waals surface area (Å²) in [4.78, 5) is 74.2. The average molecular weight is 873 g/mol. The van der Waals surface area contributed by atoms with Gasteiger partial charge in [-0.3, -0.25) is 9.59 Å². The number of alkyl carbamates (subject to hydrolysis) is 1. The number of carbonyl (C=O) groups excluding carboxylic acids is 5. The third kappa shape index (κ3) is 15.7. The fraction of sp³-hybridized carbons (Fsp3) is 0.294. The van der Waals surface area contributed by atoms with Crippen molar-refractivity contribution < 1.29 is 52.8 Å². The predicted molar refractivity (Wildman–Crippen MR) is 241 cm³/mol. The van der Waals surface area contributed by atoms with Crippen molar-refractivity contribution in [2.24, 2.45) is 0 Å². The van der Waals surface area contributed by atoms with Crippen LogP contribution in [-0.2, 0) is 53.0 Å². The Morgan fingerprint density at radius 1 is 0.547 bits per heavy atom. The molecule has 64 heavy (non-hydrogen) atoms. The van der Waals surface area contributed by atoms with Crippen LogP contribution in [0.5, 0.6) is 0 Å².